The monoisotopic (exact) mass is 219 g/mol. The summed E-state index contributed by atoms with van der Waals surface area (Å²) in [5, 5.41) is 0. The summed E-state index contributed by atoms with van der Waals surface area (Å²) < 4.78 is 0. The van der Waals surface area contributed by atoms with Crippen molar-refractivity contribution in [2.45, 2.75) is 13.8 Å². The van der Waals surface area contributed by atoms with E-state index in [-0.39, 0.29) is 5.78 Å². The number of hydrogen-bond acceptors (Lipinski definition) is 5. The van der Waals surface area contributed by atoms with Crippen LogP contribution in [0.5, 0.6) is 0 Å². The summed E-state index contributed by atoms with van der Waals surface area (Å²) in [6, 6.07) is 0. The predicted octanol–water partition coefficient (Wildman–Crippen LogP) is 2.11. The van der Waals surface area contributed by atoms with E-state index in [4.69, 9.17) is 0 Å². The number of carbonyl (C=O) groups is 1. The maximum Gasteiger partial charge on any atom is 0.171 e. The van der Waals surface area contributed by atoms with Crippen LogP contribution in [-0.2, 0) is 0 Å². The maximum absolute atomic E-state index is 11.2. The van der Waals surface area contributed by atoms with Crippen LogP contribution in [0, 0.1) is 6.92 Å². The first-order valence-corrected chi connectivity index (χ1v) is 5.30. The van der Waals surface area contributed by atoms with E-state index in [2.05, 4.69) is 15.0 Å². The van der Waals surface area contributed by atoms with Crippen LogP contribution in [0.1, 0.15) is 23.0 Å². The largest absolute Gasteiger partial charge is 0.294 e. The number of carbonyl (C=O) groups excluding carboxylic acids is 1. The molecule has 0 saturated carbocycles. The fourth-order valence-corrected chi connectivity index (χ4v) is 1.82. The topological polar surface area (TPSA) is 55.7 Å². The van der Waals surface area contributed by atoms with Crippen LogP contribution in [0.3, 0.4) is 0 Å². The van der Waals surface area contributed by atoms with E-state index in [0.29, 0.717) is 17.1 Å². The third-order valence-electron chi connectivity index (χ3n) is 2.01. The Labute approximate surface area is 91.0 Å². The van der Waals surface area contributed by atoms with Gasteiger partial charge in [0, 0.05) is 12.4 Å². The van der Waals surface area contributed by atoms with Gasteiger partial charge in [0.25, 0.3) is 0 Å². The molecular weight excluding hydrogens is 210 g/mol. The van der Waals surface area contributed by atoms with Gasteiger partial charge in [-0.1, -0.05) is 0 Å². The summed E-state index contributed by atoms with van der Waals surface area (Å²) in [7, 11) is 0. The molecule has 2 heterocycles. The zero-order chi connectivity index (χ0) is 10.8. The van der Waals surface area contributed by atoms with Crippen molar-refractivity contribution >= 4 is 17.1 Å². The minimum atomic E-state index is -0.0108. The number of aryl methyl sites for hydroxylation is 1. The lowest BCUT2D eigenvalue weighted by Gasteiger charge is -2.01. The lowest BCUT2D eigenvalue weighted by molar-refractivity contribution is 0.101. The summed E-state index contributed by atoms with van der Waals surface area (Å²) in [4.78, 5) is 24.5. The summed E-state index contributed by atoms with van der Waals surface area (Å²) in [6.45, 7) is 3.32. The van der Waals surface area contributed by atoms with Gasteiger partial charge in [-0.05, 0) is 13.8 Å². The number of Topliss-reactive ketones (excluding diaryl/α,β-unsaturated/α-hetero) is 1. The second kappa shape index (κ2) is 3.86. The molecule has 5 heteroatoms. The highest BCUT2D eigenvalue weighted by molar-refractivity contribution is 7.13. The number of ketones is 1. The molecule has 0 spiro atoms. The molecule has 0 atom stereocenters. The lowest BCUT2D eigenvalue weighted by atomic mass is 10.2. The molecule has 0 aliphatic heterocycles. The average Bonchev–Trinajstić information content (AvgIpc) is 2.69. The number of nitrogens with zero attached hydrogens (tertiary/aromatic N) is 3. The summed E-state index contributed by atoms with van der Waals surface area (Å²) in [5.41, 5.74) is 3.01. The molecule has 0 radical (unpaired) electrons. The van der Waals surface area contributed by atoms with Gasteiger partial charge in [-0.2, -0.15) is 0 Å². The molecule has 0 N–H and O–H groups in total. The normalized spacial score (nSPS) is 10.3. The standard InChI is InChI=1S/C10H9N3OS/c1-6-8(7(2)14)3-12-10(13-6)9-4-11-5-15-9/h3-5H,1-2H3. The van der Waals surface area contributed by atoms with Crippen LogP contribution in [0.2, 0.25) is 0 Å². The number of rotatable bonds is 2. The van der Waals surface area contributed by atoms with Crippen LogP contribution < -0.4 is 0 Å². The Balaban J connectivity index is 2.47. The molecule has 2 aromatic heterocycles. The van der Waals surface area contributed by atoms with Gasteiger partial charge < -0.3 is 0 Å². The molecule has 0 aromatic carbocycles. The van der Waals surface area contributed by atoms with Crippen molar-refractivity contribution in [1.82, 2.24) is 15.0 Å². The highest BCUT2D eigenvalue weighted by Gasteiger charge is 2.09. The Morgan fingerprint density at radius 2 is 2.20 bits per heavy atom. The van der Waals surface area contributed by atoms with Crippen LogP contribution in [0.4, 0.5) is 0 Å². The quantitative estimate of drug-likeness (QED) is 0.726. The van der Waals surface area contributed by atoms with Gasteiger partial charge in [-0.15, -0.1) is 11.3 Å². The van der Waals surface area contributed by atoms with E-state index in [9.17, 15) is 4.79 Å². The Morgan fingerprint density at radius 1 is 1.40 bits per heavy atom. The molecule has 4 nitrogen and oxygen atoms in total. The molecule has 76 valence electrons. The van der Waals surface area contributed by atoms with E-state index in [1.165, 1.54) is 18.3 Å². The third kappa shape index (κ3) is 1.92. The number of aromatic nitrogens is 3. The van der Waals surface area contributed by atoms with Crippen molar-refractivity contribution in [3.8, 4) is 10.7 Å². The first-order chi connectivity index (χ1) is 7.18. The molecule has 0 saturated heterocycles. The molecule has 0 amide bonds. The van der Waals surface area contributed by atoms with Crippen molar-refractivity contribution in [3.05, 3.63) is 29.2 Å². The van der Waals surface area contributed by atoms with E-state index in [0.717, 1.165) is 4.88 Å². The molecule has 0 bridgehead atoms. The van der Waals surface area contributed by atoms with Gasteiger partial charge in [0.05, 0.1) is 21.6 Å². The first kappa shape index (κ1) is 9.92. The molecule has 0 aliphatic rings. The molecule has 15 heavy (non-hydrogen) atoms. The van der Waals surface area contributed by atoms with E-state index >= 15 is 0 Å². The molecule has 2 aromatic rings. The van der Waals surface area contributed by atoms with Crippen molar-refractivity contribution in [2.75, 3.05) is 0 Å². The van der Waals surface area contributed by atoms with Crippen LogP contribution in [0.15, 0.2) is 17.9 Å². The van der Waals surface area contributed by atoms with E-state index < -0.39 is 0 Å². The minimum Gasteiger partial charge on any atom is -0.294 e. The lowest BCUT2D eigenvalue weighted by Crippen LogP contribution is -2.01. The van der Waals surface area contributed by atoms with Crippen LogP contribution >= 0.6 is 11.3 Å². The number of thiazole rings is 1. The number of hydrogen-bond donors (Lipinski definition) is 0. The van der Waals surface area contributed by atoms with Gasteiger partial charge in [-0.25, -0.2) is 9.97 Å². The zero-order valence-electron chi connectivity index (χ0n) is 8.39. The van der Waals surface area contributed by atoms with Gasteiger partial charge in [0.2, 0.25) is 0 Å². The van der Waals surface area contributed by atoms with Crippen molar-refractivity contribution < 1.29 is 4.79 Å². The Hall–Kier alpha value is -1.62. The fraction of sp³-hybridized carbons (Fsp3) is 0.200. The van der Waals surface area contributed by atoms with Gasteiger partial charge in [0.15, 0.2) is 11.6 Å². The molecule has 2 rings (SSSR count). The first-order valence-electron chi connectivity index (χ1n) is 4.42. The SMILES string of the molecule is CC(=O)c1cnc(-c2cncs2)nc1C. The minimum absolute atomic E-state index is 0.0108. The molecule has 0 aliphatic carbocycles. The molecule has 0 fully saturated rings. The van der Waals surface area contributed by atoms with E-state index in [1.807, 2.05) is 6.92 Å². The maximum atomic E-state index is 11.2. The van der Waals surface area contributed by atoms with Crippen molar-refractivity contribution in [3.63, 3.8) is 0 Å². The predicted molar refractivity (Wildman–Crippen MR) is 57.9 cm³/mol. The second-order valence-corrected chi connectivity index (χ2v) is 4.00. The second-order valence-electron chi connectivity index (χ2n) is 3.11. The Bertz CT molecular complexity index is 493. The molecular formula is C10H9N3OS. The highest BCUT2D eigenvalue weighted by atomic mass is 32.1. The van der Waals surface area contributed by atoms with Gasteiger partial charge in [0.1, 0.15) is 0 Å². The third-order valence-corrected chi connectivity index (χ3v) is 2.78. The van der Waals surface area contributed by atoms with Gasteiger partial charge >= 0.3 is 0 Å². The fourth-order valence-electron chi connectivity index (χ4n) is 1.26. The average molecular weight is 219 g/mol. The van der Waals surface area contributed by atoms with E-state index in [1.54, 1.807) is 17.9 Å². The zero-order valence-corrected chi connectivity index (χ0v) is 9.21. The summed E-state index contributed by atoms with van der Waals surface area (Å²) in [6.07, 6.45) is 3.28. The van der Waals surface area contributed by atoms with Crippen molar-refractivity contribution in [1.29, 1.82) is 0 Å². The van der Waals surface area contributed by atoms with Crippen LogP contribution in [0.25, 0.3) is 10.7 Å². The van der Waals surface area contributed by atoms with Crippen LogP contribution in [-0.4, -0.2) is 20.7 Å². The summed E-state index contributed by atoms with van der Waals surface area (Å²) >= 11 is 1.48. The van der Waals surface area contributed by atoms with Gasteiger partial charge in [-0.3, -0.25) is 9.78 Å². The Morgan fingerprint density at radius 3 is 2.73 bits per heavy atom. The smallest absolute Gasteiger partial charge is 0.171 e. The highest BCUT2D eigenvalue weighted by Crippen LogP contribution is 2.19. The van der Waals surface area contributed by atoms with Crippen molar-refractivity contribution in [2.24, 2.45) is 0 Å². The summed E-state index contributed by atoms with van der Waals surface area (Å²) in [5.74, 6) is 0.614. The molecule has 0 unspecified atom stereocenters. The Kier molecular flexibility index (Phi) is 2.55.